The Morgan fingerprint density at radius 2 is 2.11 bits per heavy atom. The highest BCUT2D eigenvalue weighted by Crippen LogP contribution is 2.16. The lowest BCUT2D eigenvalue weighted by atomic mass is 9.96. The lowest BCUT2D eigenvalue weighted by molar-refractivity contribution is 0.0300. The van der Waals surface area contributed by atoms with Crippen molar-refractivity contribution in [1.82, 2.24) is 15.5 Å². The minimum Gasteiger partial charge on any atom is -0.392 e. The second-order valence-electron chi connectivity index (χ2n) is 6.26. The molecule has 0 spiro atoms. The molecule has 2 atom stereocenters. The van der Waals surface area contributed by atoms with Crippen LogP contribution >= 0.6 is 0 Å². The van der Waals surface area contributed by atoms with Crippen molar-refractivity contribution in [2.24, 2.45) is 5.92 Å². The van der Waals surface area contributed by atoms with Crippen LogP contribution in [0.15, 0.2) is 0 Å². The molecule has 3 N–H and O–H groups in total. The molecule has 1 heterocycles. The molecule has 5 nitrogen and oxygen atoms in total. The predicted molar refractivity (Wildman–Crippen MR) is 72.5 cm³/mol. The van der Waals surface area contributed by atoms with E-state index >= 15 is 0 Å². The fourth-order valence-electron chi connectivity index (χ4n) is 2.03. The fraction of sp³-hybridized carbons (Fsp3) is 0.923. The number of rotatable bonds is 3. The molecule has 18 heavy (non-hydrogen) atoms. The van der Waals surface area contributed by atoms with Crippen LogP contribution in [0.2, 0.25) is 0 Å². The third kappa shape index (κ3) is 5.69. The first kappa shape index (κ1) is 15.2. The van der Waals surface area contributed by atoms with Crippen molar-refractivity contribution >= 4 is 6.03 Å². The van der Waals surface area contributed by atoms with Crippen LogP contribution < -0.4 is 10.6 Å². The summed E-state index contributed by atoms with van der Waals surface area (Å²) in [5.41, 5.74) is -0.208. The second-order valence-corrected chi connectivity index (χ2v) is 6.26. The summed E-state index contributed by atoms with van der Waals surface area (Å²) >= 11 is 0. The average Bonchev–Trinajstić information content (AvgIpc) is 2.20. The van der Waals surface area contributed by atoms with E-state index in [1.807, 2.05) is 20.8 Å². The molecular weight excluding hydrogens is 230 g/mol. The van der Waals surface area contributed by atoms with E-state index in [9.17, 15) is 9.90 Å². The number of carbonyl (C=O) groups excluding carboxylic acids is 1. The third-order valence-electron chi connectivity index (χ3n) is 3.20. The Bertz CT molecular complexity index is 276. The van der Waals surface area contributed by atoms with Crippen LogP contribution in [0.4, 0.5) is 4.79 Å². The normalized spacial score (nSPS) is 25.8. The van der Waals surface area contributed by atoms with Gasteiger partial charge in [-0.15, -0.1) is 0 Å². The summed E-state index contributed by atoms with van der Waals surface area (Å²) in [5, 5.41) is 15.5. The molecule has 0 aliphatic carbocycles. The summed E-state index contributed by atoms with van der Waals surface area (Å²) in [4.78, 5) is 13.7. The van der Waals surface area contributed by atoms with Crippen molar-refractivity contribution in [3.63, 3.8) is 0 Å². The number of likely N-dealkylation sites (tertiary alicyclic amines) is 1. The topological polar surface area (TPSA) is 64.6 Å². The molecule has 0 bridgehead atoms. The highest BCUT2D eigenvalue weighted by Gasteiger charge is 2.23. The molecule has 0 aromatic rings. The van der Waals surface area contributed by atoms with Crippen molar-refractivity contribution < 1.29 is 9.90 Å². The van der Waals surface area contributed by atoms with E-state index in [-0.39, 0.29) is 17.7 Å². The molecule has 0 saturated carbocycles. The first-order chi connectivity index (χ1) is 8.28. The van der Waals surface area contributed by atoms with Gasteiger partial charge in [0.1, 0.15) is 0 Å². The standard InChI is InChI=1S/C13H27N3O2/c1-10-5-7-16(9-11(10)17)8-6-14-12(18)15-13(2,3)4/h10-11,17H,5-9H2,1-4H3,(H2,14,15,18). The molecule has 0 aromatic heterocycles. The fourth-order valence-corrected chi connectivity index (χ4v) is 2.03. The van der Waals surface area contributed by atoms with Gasteiger partial charge in [-0.2, -0.15) is 0 Å². The minimum atomic E-state index is -0.234. The minimum absolute atomic E-state index is 0.131. The van der Waals surface area contributed by atoms with Gasteiger partial charge in [0.15, 0.2) is 0 Å². The first-order valence-electron chi connectivity index (χ1n) is 6.74. The summed E-state index contributed by atoms with van der Waals surface area (Å²) in [7, 11) is 0. The summed E-state index contributed by atoms with van der Waals surface area (Å²) in [6.45, 7) is 11.1. The third-order valence-corrected chi connectivity index (χ3v) is 3.20. The summed E-state index contributed by atoms with van der Waals surface area (Å²) < 4.78 is 0. The Balaban J connectivity index is 2.16. The van der Waals surface area contributed by atoms with Crippen LogP contribution in [0.25, 0.3) is 0 Å². The molecule has 2 unspecified atom stereocenters. The number of nitrogens with one attached hydrogen (secondary N) is 2. The lowest BCUT2D eigenvalue weighted by Crippen LogP contribution is -2.49. The van der Waals surface area contributed by atoms with Gasteiger partial charge >= 0.3 is 6.03 Å². The van der Waals surface area contributed by atoms with Crippen molar-refractivity contribution in [3.8, 4) is 0 Å². The van der Waals surface area contributed by atoms with Gasteiger partial charge in [-0.25, -0.2) is 4.79 Å². The van der Waals surface area contributed by atoms with Gasteiger partial charge in [0.05, 0.1) is 6.10 Å². The average molecular weight is 257 g/mol. The number of urea groups is 1. The monoisotopic (exact) mass is 257 g/mol. The molecule has 1 aliphatic heterocycles. The lowest BCUT2D eigenvalue weighted by Gasteiger charge is -2.34. The maximum Gasteiger partial charge on any atom is 0.315 e. The van der Waals surface area contributed by atoms with E-state index in [2.05, 4.69) is 22.5 Å². The number of aliphatic hydroxyl groups is 1. The number of amides is 2. The Morgan fingerprint density at radius 3 is 2.67 bits per heavy atom. The summed E-state index contributed by atoms with van der Waals surface area (Å²) in [6, 6.07) is -0.131. The Morgan fingerprint density at radius 1 is 1.44 bits per heavy atom. The van der Waals surface area contributed by atoms with Crippen LogP contribution in [0.1, 0.15) is 34.1 Å². The predicted octanol–water partition coefficient (Wildman–Crippen LogP) is 0.787. The Labute approximate surface area is 110 Å². The Hall–Kier alpha value is -0.810. The largest absolute Gasteiger partial charge is 0.392 e. The number of carbonyl (C=O) groups is 1. The number of hydrogen-bond donors (Lipinski definition) is 3. The molecule has 106 valence electrons. The van der Waals surface area contributed by atoms with Gasteiger partial charge in [0.25, 0.3) is 0 Å². The SMILES string of the molecule is CC1CCN(CCNC(=O)NC(C)(C)C)CC1O. The van der Waals surface area contributed by atoms with Crippen molar-refractivity contribution in [3.05, 3.63) is 0 Å². The van der Waals surface area contributed by atoms with E-state index in [0.717, 1.165) is 19.5 Å². The molecule has 1 fully saturated rings. The van der Waals surface area contributed by atoms with Crippen molar-refractivity contribution in [2.75, 3.05) is 26.2 Å². The molecule has 1 rings (SSSR count). The second kappa shape index (κ2) is 6.38. The molecular formula is C13H27N3O2. The van der Waals surface area contributed by atoms with Crippen LogP contribution in [0, 0.1) is 5.92 Å². The number of nitrogens with zero attached hydrogens (tertiary/aromatic N) is 1. The summed E-state index contributed by atoms with van der Waals surface area (Å²) in [5.74, 6) is 0.387. The number of hydrogen-bond acceptors (Lipinski definition) is 3. The van der Waals surface area contributed by atoms with Gasteiger partial charge in [0.2, 0.25) is 0 Å². The maximum absolute atomic E-state index is 11.5. The summed E-state index contributed by atoms with van der Waals surface area (Å²) in [6.07, 6.45) is 0.789. The molecule has 0 aromatic carbocycles. The Kier molecular flexibility index (Phi) is 5.41. The quantitative estimate of drug-likeness (QED) is 0.700. The van der Waals surface area contributed by atoms with Gasteiger partial charge in [0, 0.05) is 25.2 Å². The molecule has 2 amide bonds. The van der Waals surface area contributed by atoms with Crippen LogP contribution in [-0.2, 0) is 0 Å². The number of piperidine rings is 1. The zero-order valence-electron chi connectivity index (χ0n) is 12.0. The first-order valence-corrected chi connectivity index (χ1v) is 6.74. The zero-order chi connectivity index (χ0) is 13.8. The number of β-amino-alcohol motifs (C(OH)–C–C–N with tert-alkyl or cyclic N) is 1. The van der Waals surface area contributed by atoms with Gasteiger partial charge in [-0.3, -0.25) is 4.90 Å². The van der Waals surface area contributed by atoms with Crippen molar-refractivity contribution in [2.45, 2.75) is 45.8 Å². The maximum atomic E-state index is 11.5. The van der Waals surface area contributed by atoms with Crippen LogP contribution in [0.5, 0.6) is 0 Å². The molecule has 1 saturated heterocycles. The van der Waals surface area contributed by atoms with Crippen LogP contribution in [0.3, 0.4) is 0 Å². The highest BCUT2D eigenvalue weighted by molar-refractivity contribution is 5.74. The van der Waals surface area contributed by atoms with Crippen LogP contribution in [-0.4, -0.2) is 53.9 Å². The molecule has 0 radical (unpaired) electrons. The zero-order valence-corrected chi connectivity index (χ0v) is 12.0. The van der Waals surface area contributed by atoms with E-state index in [0.29, 0.717) is 19.0 Å². The van der Waals surface area contributed by atoms with E-state index in [4.69, 9.17) is 0 Å². The van der Waals surface area contributed by atoms with E-state index < -0.39 is 0 Å². The van der Waals surface area contributed by atoms with E-state index in [1.165, 1.54) is 0 Å². The van der Waals surface area contributed by atoms with Gasteiger partial charge < -0.3 is 15.7 Å². The number of aliphatic hydroxyl groups excluding tert-OH is 1. The van der Waals surface area contributed by atoms with E-state index in [1.54, 1.807) is 0 Å². The smallest absolute Gasteiger partial charge is 0.315 e. The molecule has 5 heteroatoms. The molecule has 1 aliphatic rings. The van der Waals surface area contributed by atoms with Gasteiger partial charge in [-0.05, 0) is 39.7 Å². The van der Waals surface area contributed by atoms with Crippen molar-refractivity contribution in [1.29, 1.82) is 0 Å². The van der Waals surface area contributed by atoms with Gasteiger partial charge in [-0.1, -0.05) is 6.92 Å². The highest BCUT2D eigenvalue weighted by atomic mass is 16.3.